The van der Waals surface area contributed by atoms with Crippen LogP contribution in [0.5, 0.6) is 0 Å². The summed E-state index contributed by atoms with van der Waals surface area (Å²) >= 11 is 0. The standard InChI is InChI=1S/C13H15N3O/c14-8-11(9-4-2-1-3-5-9)13-16-15-12(17-13)10-6-7-10/h1-5,10-11H,6-8,14H2. The summed E-state index contributed by atoms with van der Waals surface area (Å²) in [6.07, 6.45) is 2.33. The molecule has 2 aromatic rings. The second-order valence-corrected chi connectivity index (χ2v) is 4.45. The van der Waals surface area contributed by atoms with E-state index < -0.39 is 0 Å². The average Bonchev–Trinajstić information content (AvgIpc) is 3.12. The molecule has 2 N–H and O–H groups in total. The zero-order chi connectivity index (χ0) is 11.7. The highest BCUT2D eigenvalue weighted by Gasteiger charge is 2.30. The number of hydrogen-bond donors (Lipinski definition) is 1. The third-order valence-corrected chi connectivity index (χ3v) is 3.12. The minimum atomic E-state index is 0.0104. The van der Waals surface area contributed by atoms with E-state index in [0.717, 1.165) is 11.5 Å². The van der Waals surface area contributed by atoms with Gasteiger partial charge in [0.2, 0.25) is 11.8 Å². The topological polar surface area (TPSA) is 64.9 Å². The van der Waals surface area contributed by atoms with Gasteiger partial charge in [-0.15, -0.1) is 10.2 Å². The zero-order valence-corrected chi connectivity index (χ0v) is 9.54. The number of nitrogens with two attached hydrogens (primary N) is 1. The molecule has 1 unspecified atom stereocenters. The molecule has 1 aromatic heterocycles. The molecule has 1 fully saturated rings. The molecule has 3 rings (SSSR count). The van der Waals surface area contributed by atoms with Gasteiger partial charge in [0, 0.05) is 12.5 Å². The summed E-state index contributed by atoms with van der Waals surface area (Å²) in [5.41, 5.74) is 6.94. The van der Waals surface area contributed by atoms with Crippen molar-refractivity contribution >= 4 is 0 Å². The fourth-order valence-corrected chi connectivity index (χ4v) is 1.95. The van der Waals surface area contributed by atoms with Crippen LogP contribution in [0.1, 0.15) is 42.0 Å². The predicted octanol–water partition coefficient (Wildman–Crippen LogP) is 2.04. The summed E-state index contributed by atoms with van der Waals surface area (Å²) in [5.74, 6) is 1.91. The molecule has 88 valence electrons. The summed E-state index contributed by atoms with van der Waals surface area (Å²) in [5, 5.41) is 8.23. The van der Waals surface area contributed by atoms with Gasteiger partial charge >= 0.3 is 0 Å². The van der Waals surface area contributed by atoms with Crippen LogP contribution in [0.15, 0.2) is 34.7 Å². The van der Waals surface area contributed by atoms with Gasteiger partial charge in [-0.25, -0.2) is 0 Å². The first-order chi connectivity index (χ1) is 8.38. The molecule has 0 saturated heterocycles. The van der Waals surface area contributed by atoms with Crippen molar-refractivity contribution in [1.82, 2.24) is 10.2 Å². The molecule has 1 atom stereocenters. The first-order valence-electron chi connectivity index (χ1n) is 5.97. The highest BCUT2D eigenvalue weighted by molar-refractivity contribution is 5.24. The monoisotopic (exact) mass is 229 g/mol. The Hall–Kier alpha value is -1.68. The maximum Gasteiger partial charge on any atom is 0.225 e. The average molecular weight is 229 g/mol. The van der Waals surface area contributed by atoms with Crippen LogP contribution in [-0.4, -0.2) is 16.7 Å². The Bertz CT molecular complexity index is 490. The van der Waals surface area contributed by atoms with Gasteiger partial charge in [0.25, 0.3) is 0 Å². The van der Waals surface area contributed by atoms with E-state index in [1.54, 1.807) is 0 Å². The first-order valence-corrected chi connectivity index (χ1v) is 5.97. The molecule has 1 aliphatic rings. The Labute approximate surface area is 99.8 Å². The van der Waals surface area contributed by atoms with E-state index in [4.69, 9.17) is 10.2 Å². The van der Waals surface area contributed by atoms with Crippen molar-refractivity contribution in [3.8, 4) is 0 Å². The fourth-order valence-electron chi connectivity index (χ4n) is 1.95. The third-order valence-electron chi connectivity index (χ3n) is 3.12. The molecule has 4 heteroatoms. The van der Waals surface area contributed by atoms with Gasteiger partial charge in [-0.3, -0.25) is 0 Å². The van der Waals surface area contributed by atoms with E-state index in [1.807, 2.05) is 30.3 Å². The van der Waals surface area contributed by atoms with Gasteiger partial charge in [-0.1, -0.05) is 30.3 Å². The second kappa shape index (κ2) is 4.30. The SMILES string of the molecule is NCC(c1ccccc1)c1nnc(C2CC2)o1. The first kappa shape index (κ1) is 10.5. The van der Waals surface area contributed by atoms with Crippen LogP contribution >= 0.6 is 0 Å². The Morgan fingerprint density at radius 2 is 2.00 bits per heavy atom. The lowest BCUT2D eigenvalue weighted by atomic mass is 9.99. The summed E-state index contributed by atoms with van der Waals surface area (Å²) in [6, 6.07) is 10.1. The van der Waals surface area contributed by atoms with Crippen LogP contribution in [0.4, 0.5) is 0 Å². The van der Waals surface area contributed by atoms with Crippen LogP contribution in [0.3, 0.4) is 0 Å². The molecule has 1 heterocycles. The Morgan fingerprint density at radius 1 is 1.24 bits per heavy atom. The van der Waals surface area contributed by atoms with Crippen LogP contribution < -0.4 is 5.73 Å². The van der Waals surface area contributed by atoms with Crippen molar-refractivity contribution in [3.63, 3.8) is 0 Å². The van der Waals surface area contributed by atoms with E-state index in [0.29, 0.717) is 18.4 Å². The van der Waals surface area contributed by atoms with E-state index >= 15 is 0 Å². The predicted molar refractivity (Wildman–Crippen MR) is 63.6 cm³/mol. The second-order valence-electron chi connectivity index (χ2n) is 4.45. The lowest BCUT2D eigenvalue weighted by molar-refractivity contribution is 0.434. The molecule has 1 aromatic carbocycles. The molecule has 1 aliphatic carbocycles. The fraction of sp³-hybridized carbons (Fsp3) is 0.385. The quantitative estimate of drug-likeness (QED) is 0.871. The lowest BCUT2D eigenvalue weighted by Gasteiger charge is -2.09. The normalized spacial score (nSPS) is 17.0. The van der Waals surface area contributed by atoms with Crippen LogP contribution in [0, 0.1) is 0 Å². The molecule has 0 bridgehead atoms. The van der Waals surface area contributed by atoms with E-state index in [2.05, 4.69) is 10.2 Å². The minimum Gasteiger partial charge on any atom is -0.424 e. The zero-order valence-electron chi connectivity index (χ0n) is 9.54. The number of aromatic nitrogens is 2. The molecule has 0 radical (unpaired) electrons. The van der Waals surface area contributed by atoms with Crippen LogP contribution in [-0.2, 0) is 0 Å². The molecular weight excluding hydrogens is 214 g/mol. The molecule has 0 amide bonds. The highest BCUT2D eigenvalue weighted by atomic mass is 16.4. The summed E-state index contributed by atoms with van der Waals surface area (Å²) in [6.45, 7) is 0.482. The third kappa shape index (κ3) is 2.08. The molecule has 4 nitrogen and oxygen atoms in total. The Morgan fingerprint density at radius 3 is 2.65 bits per heavy atom. The molecule has 0 aliphatic heterocycles. The van der Waals surface area contributed by atoms with Gasteiger partial charge in [-0.2, -0.15) is 0 Å². The minimum absolute atomic E-state index is 0.0104. The number of nitrogens with zero attached hydrogens (tertiary/aromatic N) is 2. The summed E-state index contributed by atoms with van der Waals surface area (Å²) < 4.78 is 5.71. The smallest absolute Gasteiger partial charge is 0.225 e. The molecule has 0 spiro atoms. The van der Waals surface area contributed by atoms with Gasteiger partial charge in [0.15, 0.2) is 0 Å². The van der Waals surface area contributed by atoms with Gasteiger partial charge in [0.05, 0.1) is 5.92 Å². The van der Waals surface area contributed by atoms with Crippen molar-refractivity contribution in [3.05, 3.63) is 47.7 Å². The van der Waals surface area contributed by atoms with Gasteiger partial charge < -0.3 is 10.2 Å². The highest BCUT2D eigenvalue weighted by Crippen LogP contribution is 2.39. The van der Waals surface area contributed by atoms with Gasteiger partial charge in [-0.05, 0) is 18.4 Å². The van der Waals surface area contributed by atoms with Crippen molar-refractivity contribution in [1.29, 1.82) is 0 Å². The van der Waals surface area contributed by atoms with Crippen LogP contribution in [0.25, 0.3) is 0 Å². The van der Waals surface area contributed by atoms with E-state index in [1.165, 1.54) is 12.8 Å². The lowest BCUT2D eigenvalue weighted by Crippen LogP contribution is -2.14. The maximum atomic E-state index is 5.81. The summed E-state index contributed by atoms with van der Waals surface area (Å²) in [7, 11) is 0. The largest absolute Gasteiger partial charge is 0.424 e. The molecule has 17 heavy (non-hydrogen) atoms. The van der Waals surface area contributed by atoms with Crippen molar-refractivity contribution in [2.45, 2.75) is 24.7 Å². The van der Waals surface area contributed by atoms with Crippen molar-refractivity contribution < 1.29 is 4.42 Å². The van der Waals surface area contributed by atoms with Crippen molar-refractivity contribution in [2.75, 3.05) is 6.54 Å². The Balaban J connectivity index is 1.88. The van der Waals surface area contributed by atoms with Gasteiger partial charge in [0.1, 0.15) is 0 Å². The Kier molecular flexibility index (Phi) is 2.65. The molecule has 1 saturated carbocycles. The van der Waals surface area contributed by atoms with E-state index in [-0.39, 0.29) is 5.92 Å². The number of rotatable bonds is 4. The van der Waals surface area contributed by atoms with Crippen molar-refractivity contribution in [2.24, 2.45) is 5.73 Å². The number of benzene rings is 1. The van der Waals surface area contributed by atoms with E-state index in [9.17, 15) is 0 Å². The maximum absolute atomic E-state index is 5.81. The number of hydrogen-bond acceptors (Lipinski definition) is 4. The molecular formula is C13H15N3O. The van der Waals surface area contributed by atoms with Crippen LogP contribution in [0.2, 0.25) is 0 Å². The summed E-state index contributed by atoms with van der Waals surface area (Å²) in [4.78, 5) is 0.